The molecule has 0 aliphatic heterocycles. The van der Waals surface area contributed by atoms with Gasteiger partial charge in [0.25, 0.3) is 0 Å². The maximum Gasteiger partial charge on any atom is 0.401 e. The van der Waals surface area contributed by atoms with Crippen molar-refractivity contribution in [1.29, 1.82) is 0 Å². The second-order valence-corrected chi connectivity index (χ2v) is 3.26. The van der Waals surface area contributed by atoms with Crippen LogP contribution in [0.5, 0.6) is 0 Å². The van der Waals surface area contributed by atoms with Crippen molar-refractivity contribution >= 4 is 13.7 Å². The Morgan fingerprint density at radius 2 is 2.09 bits per heavy atom. The van der Waals surface area contributed by atoms with Gasteiger partial charge in [0, 0.05) is 0 Å². The van der Waals surface area contributed by atoms with Gasteiger partial charge >= 0.3 is 13.7 Å². The van der Waals surface area contributed by atoms with Gasteiger partial charge in [-0.25, -0.2) is 9.65 Å². The van der Waals surface area contributed by atoms with E-state index in [4.69, 9.17) is 9.79 Å². The first-order valence-electron chi connectivity index (χ1n) is 2.78. The third kappa shape index (κ3) is 4.92. The number of ether oxygens (including phenoxy) is 1. The number of hydrogen-bond acceptors (Lipinski definition) is 3. The van der Waals surface area contributed by atoms with Crippen LogP contribution in [0.4, 0.5) is 0 Å². The van der Waals surface area contributed by atoms with E-state index in [0.717, 1.165) is 7.11 Å². The molecule has 0 aromatic heterocycles. The van der Waals surface area contributed by atoms with Gasteiger partial charge in [-0.15, -0.1) is 0 Å². The number of methoxy groups -OCH3 is 1. The molecule has 0 radical (unpaired) electrons. The fraction of sp³-hybridized carbons (Fsp3) is 0.750. The van der Waals surface area contributed by atoms with Gasteiger partial charge in [0.05, 0.1) is 7.11 Å². The minimum atomic E-state index is -4.34. The summed E-state index contributed by atoms with van der Waals surface area (Å²) < 4.78 is 14.5. The normalized spacial score (nSPS) is 14.2. The molecule has 0 heterocycles. The lowest BCUT2D eigenvalue weighted by molar-refractivity contribution is -0.142. The lowest BCUT2D eigenvalue weighted by Gasteiger charge is -2.11. The third-order valence-corrected chi connectivity index (χ3v) is 1.64. The standard InChI is InChI=1S/C4H10NO5P/c1-3(4(6)10-2)5-11(7,8)9/h3H,1-2H3,(H3,5,7,8,9)/t3-/m0/s1. The summed E-state index contributed by atoms with van der Waals surface area (Å²) >= 11 is 0. The number of esters is 1. The SMILES string of the molecule is COC(=O)[C@H](C)NP(=O)(O)O. The summed E-state index contributed by atoms with van der Waals surface area (Å²) in [5, 5.41) is 1.76. The molecule has 0 aromatic carbocycles. The van der Waals surface area contributed by atoms with E-state index < -0.39 is 19.8 Å². The summed E-state index contributed by atoms with van der Waals surface area (Å²) in [6.07, 6.45) is 0. The first kappa shape index (κ1) is 10.6. The lowest BCUT2D eigenvalue weighted by Crippen LogP contribution is -2.32. The molecule has 1 atom stereocenters. The van der Waals surface area contributed by atoms with Crippen molar-refractivity contribution in [2.24, 2.45) is 0 Å². The van der Waals surface area contributed by atoms with E-state index >= 15 is 0 Å². The largest absolute Gasteiger partial charge is 0.468 e. The van der Waals surface area contributed by atoms with E-state index in [1.807, 2.05) is 0 Å². The minimum absolute atomic E-state index is 0.715. The number of nitrogens with one attached hydrogen (secondary N) is 1. The molecule has 0 rings (SSSR count). The molecule has 0 aromatic rings. The van der Waals surface area contributed by atoms with E-state index in [1.165, 1.54) is 6.92 Å². The molecule has 0 spiro atoms. The molecule has 0 bridgehead atoms. The number of carbonyl (C=O) groups is 1. The molecular weight excluding hydrogens is 173 g/mol. The molecule has 6 nitrogen and oxygen atoms in total. The van der Waals surface area contributed by atoms with Gasteiger partial charge in [-0.05, 0) is 6.92 Å². The van der Waals surface area contributed by atoms with E-state index in [0.29, 0.717) is 0 Å². The van der Waals surface area contributed by atoms with E-state index in [-0.39, 0.29) is 0 Å². The lowest BCUT2D eigenvalue weighted by atomic mass is 10.4. The van der Waals surface area contributed by atoms with Crippen LogP contribution >= 0.6 is 7.75 Å². The average molecular weight is 183 g/mol. The Morgan fingerprint density at radius 3 is 2.36 bits per heavy atom. The summed E-state index contributed by atoms with van der Waals surface area (Å²) in [4.78, 5) is 27.2. The predicted molar refractivity (Wildman–Crippen MR) is 36.7 cm³/mol. The van der Waals surface area contributed by atoms with Crippen LogP contribution in [-0.4, -0.2) is 28.9 Å². The van der Waals surface area contributed by atoms with Crippen molar-refractivity contribution in [3.63, 3.8) is 0 Å². The average Bonchev–Trinajstić information content (AvgIpc) is 1.82. The Morgan fingerprint density at radius 1 is 1.64 bits per heavy atom. The third-order valence-electron chi connectivity index (χ3n) is 0.917. The van der Waals surface area contributed by atoms with Crippen molar-refractivity contribution in [3.8, 4) is 0 Å². The summed E-state index contributed by atoms with van der Waals surface area (Å²) in [7, 11) is -3.20. The number of hydrogen-bond donors (Lipinski definition) is 3. The van der Waals surface area contributed by atoms with Gasteiger partial charge < -0.3 is 14.5 Å². The second kappa shape index (κ2) is 3.82. The molecule has 0 fully saturated rings. The van der Waals surface area contributed by atoms with Crippen LogP contribution in [-0.2, 0) is 14.1 Å². The molecule has 0 unspecified atom stereocenters. The van der Waals surface area contributed by atoms with Crippen molar-refractivity contribution in [2.45, 2.75) is 13.0 Å². The highest BCUT2D eigenvalue weighted by molar-refractivity contribution is 7.49. The number of carbonyl (C=O) groups excluding carboxylic acids is 1. The van der Waals surface area contributed by atoms with Gasteiger partial charge in [-0.1, -0.05) is 0 Å². The number of rotatable bonds is 3. The van der Waals surface area contributed by atoms with Gasteiger partial charge in [0.1, 0.15) is 6.04 Å². The molecule has 0 saturated heterocycles. The van der Waals surface area contributed by atoms with Gasteiger partial charge in [0.2, 0.25) is 0 Å². The Labute approximate surface area is 63.8 Å². The fourth-order valence-electron chi connectivity index (χ4n) is 0.482. The molecular formula is C4H10NO5P. The summed E-state index contributed by atoms with van der Waals surface area (Å²) in [5.74, 6) is -0.715. The van der Waals surface area contributed by atoms with Crippen LogP contribution in [0, 0.1) is 0 Å². The summed E-state index contributed by atoms with van der Waals surface area (Å²) in [6.45, 7) is 1.30. The zero-order valence-corrected chi connectivity index (χ0v) is 7.04. The Balaban J connectivity index is 3.98. The summed E-state index contributed by atoms with van der Waals surface area (Å²) in [6, 6.07) is -0.999. The Kier molecular flexibility index (Phi) is 3.68. The highest BCUT2D eigenvalue weighted by Gasteiger charge is 2.22. The van der Waals surface area contributed by atoms with Crippen LogP contribution in [0.3, 0.4) is 0 Å². The highest BCUT2D eigenvalue weighted by atomic mass is 31.2. The van der Waals surface area contributed by atoms with Crippen molar-refractivity contribution in [2.75, 3.05) is 7.11 Å². The van der Waals surface area contributed by atoms with Crippen LogP contribution in [0.2, 0.25) is 0 Å². The first-order valence-corrected chi connectivity index (χ1v) is 4.39. The topological polar surface area (TPSA) is 95.9 Å². The molecule has 11 heavy (non-hydrogen) atoms. The second-order valence-electron chi connectivity index (χ2n) is 1.92. The Hall–Kier alpha value is -0.420. The minimum Gasteiger partial charge on any atom is -0.468 e. The van der Waals surface area contributed by atoms with Crippen molar-refractivity contribution in [3.05, 3.63) is 0 Å². The zero-order chi connectivity index (χ0) is 9.07. The van der Waals surface area contributed by atoms with Crippen molar-refractivity contribution in [1.82, 2.24) is 5.09 Å². The molecule has 0 saturated carbocycles. The fourth-order valence-corrected chi connectivity index (χ4v) is 1.09. The van der Waals surface area contributed by atoms with Crippen molar-refractivity contribution < 1.29 is 23.9 Å². The molecule has 7 heteroatoms. The van der Waals surface area contributed by atoms with Crippen LogP contribution in [0.1, 0.15) is 6.92 Å². The zero-order valence-electron chi connectivity index (χ0n) is 6.14. The monoisotopic (exact) mass is 183 g/mol. The molecule has 66 valence electrons. The first-order chi connectivity index (χ1) is 4.87. The van der Waals surface area contributed by atoms with E-state index in [1.54, 1.807) is 5.09 Å². The van der Waals surface area contributed by atoms with Crippen LogP contribution in [0.25, 0.3) is 0 Å². The summed E-state index contributed by atoms with van der Waals surface area (Å²) in [5.41, 5.74) is 0. The van der Waals surface area contributed by atoms with Crippen LogP contribution in [0.15, 0.2) is 0 Å². The van der Waals surface area contributed by atoms with E-state index in [9.17, 15) is 9.36 Å². The van der Waals surface area contributed by atoms with Gasteiger partial charge in [0.15, 0.2) is 0 Å². The van der Waals surface area contributed by atoms with Crippen LogP contribution < -0.4 is 5.09 Å². The van der Waals surface area contributed by atoms with Gasteiger partial charge in [-0.2, -0.15) is 0 Å². The maximum absolute atomic E-state index is 10.6. The molecule has 0 aliphatic rings. The molecule has 3 N–H and O–H groups in total. The van der Waals surface area contributed by atoms with E-state index in [2.05, 4.69) is 4.74 Å². The van der Waals surface area contributed by atoms with Gasteiger partial charge in [-0.3, -0.25) is 4.79 Å². The molecule has 0 amide bonds. The Bertz CT molecular complexity index is 187. The smallest absolute Gasteiger partial charge is 0.401 e. The maximum atomic E-state index is 10.6. The predicted octanol–water partition coefficient (Wildman–Crippen LogP) is -0.770. The quantitative estimate of drug-likeness (QED) is 0.392. The molecule has 0 aliphatic carbocycles. The highest BCUT2D eigenvalue weighted by Crippen LogP contribution is 2.28.